The lowest BCUT2D eigenvalue weighted by atomic mass is 10.1. The highest BCUT2D eigenvalue weighted by atomic mass is 35.5. The van der Waals surface area contributed by atoms with Crippen LogP contribution < -0.4 is 15.4 Å². The van der Waals surface area contributed by atoms with Crippen molar-refractivity contribution >= 4 is 34.8 Å². The predicted molar refractivity (Wildman–Crippen MR) is 101 cm³/mol. The molecule has 6 heteroatoms. The average molecular weight is 361 g/mol. The average Bonchev–Trinajstić information content (AvgIpc) is 2.57. The lowest BCUT2D eigenvalue weighted by Gasteiger charge is -2.13. The number of aryl methyl sites for hydroxylation is 1. The van der Waals surface area contributed by atoms with Gasteiger partial charge in [0.05, 0.1) is 23.4 Å². The molecule has 0 atom stereocenters. The van der Waals surface area contributed by atoms with E-state index in [1.807, 2.05) is 19.9 Å². The highest BCUT2D eigenvalue weighted by molar-refractivity contribution is 6.34. The Morgan fingerprint density at radius 1 is 1.16 bits per heavy atom. The summed E-state index contributed by atoms with van der Waals surface area (Å²) in [4.78, 5) is 24.3. The minimum Gasteiger partial charge on any atom is -0.496 e. The molecule has 2 N–H and O–H groups in total. The first-order valence-corrected chi connectivity index (χ1v) is 8.38. The largest absolute Gasteiger partial charge is 0.496 e. The molecule has 132 valence electrons. The summed E-state index contributed by atoms with van der Waals surface area (Å²) in [5.74, 6) is 0.102. The second-order valence-electron chi connectivity index (χ2n) is 5.60. The summed E-state index contributed by atoms with van der Waals surface area (Å²) in [7, 11) is 1.52. The molecule has 5 nitrogen and oxygen atoms in total. The first kappa shape index (κ1) is 18.8. The molecule has 0 aliphatic carbocycles. The molecule has 2 amide bonds. The van der Waals surface area contributed by atoms with E-state index in [9.17, 15) is 9.59 Å². The Morgan fingerprint density at radius 3 is 2.60 bits per heavy atom. The van der Waals surface area contributed by atoms with Gasteiger partial charge in [0.2, 0.25) is 5.91 Å². The van der Waals surface area contributed by atoms with E-state index < -0.39 is 0 Å². The quantitative estimate of drug-likeness (QED) is 0.788. The molecule has 0 saturated carbocycles. The Kier molecular flexibility index (Phi) is 6.42. The second-order valence-corrected chi connectivity index (χ2v) is 6.01. The van der Waals surface area contributed by atoms with Crippen molar-refractivity contribution in [2.45, 2.75) is 26.7 Å². The maximum Gasteiger partial charge on any atom is 0.259 e. The molecular weight excluding hydrogens is 340 g/mol. The fourth-order valence-corrected chi connectivity index (χ4v) is 2.61. The van der Waals surface area contributed by atoms with Crippen molar-refractivity contribution in [3.05, 3.63) is 52.5 Å². The van der Waals surface area contributed by atoms with Crippen molar-refractivity contribution < 1.29 is 14.3 Å². The number of amides is 2. The minimum atomic E-state index is -0.334. The Hall–Kier alpha value is -2.53. The summed E-state index contributed by atoms with van der Waals surface area (Å²) in [6.07, 6.45) is 1.20. The van der Waals surface area contributed by atoms with E-state index in [1.54, 1.807) is 30.3 Å². The summed E-state index contributed by atoms with van der Waals surface area (Å²) >= 11 is 6.17. The fourth-order valence-electron chi connectivity index (χ4n) is 2.44. The van der Waals surface area contributed by atoms with Crippen LogP contribution in [0, 0.1) is 6.92 Å². The standard InChI is InChI=1S/C19H21ClN2O3/c1-4-6-17(23)21-13-9-10-15(20)16(11-13)22-19(24)14-8-5-7-12(2)18(14)25-3/h5,7-11H,4,6H2,1-3H3,(H,21,23)(H,22,24). The Morgan fingerprint density at radius 2 is 1.92 bits per heavy atom. The normalized spacial score (nSPS) is 10.2. The first-order chi connectivity index (χ1) is 12.0. The second kappa shape index (κ2) is 8.53. The summed E-state index contributed by atoms with van der Waals surface area (Å²) < 4.78 is 5.32. The highest BCUT2D eigenvalue weighted by Crippen LogP contribution is 2.28. The van der Waals surface area contributed by atoms with Crippen molar-refractivity contribution in [1.82, 2.24) is 0 Å². The van der Waals surface area contributed by atoms with Crippen molar-refractivity contribution in [3.8, 4) is 5.75 Å². The molecule has 0 fully saturated rings. The smallest absolute Gasteiger partial charge is 0.259 e. The molecule has 0 spiro atoms. The Labute approximate surface area is 152 Å². The molecule has 25 heavy (non-hydrogen) atoms. The number of carbonyl (C=O) groups excluding carboxylic acids is 2. The van der Waals surface area contributed by atoms with Gasteiger partial charge in [-0.3, -0.25) is 9.59 Å². The van der Waals surface area contributed by atoms with E-state index in [0.717, 1.165) is 12.0 Å². The van der Waals surface area contributed by atoms with Crippen LogP contribution in [0.4, 0.5) is 11.4 Å². The molecule has 0 aliphatic rings. The van der Waals surface area contributed by atoms with E-state index in [0.29, 0.717) is 34.1 Å². The van der Waals surface area contributed by atoms with E-state index >= 15 is 0 Å². The van der Waals surface area contributed by atoms with Gasteiger partial charge in [-0.05, 0) is 43.2 Å². The van der Waals surface area contributed by atoms with Crippen molar-refractivity contribution in [1.29, 1.82) is 0 Å². The van der Waals surface area contributed by atoms with Gasteiger partial charge in [0, 0.05) is 12.1 Å². The minimum absolute atomic E-state index is 0.0811. The molecule has 2 rings (SSSR count). The first-order valence-electron chi connectivity index (χ1n) is 8.00. The molecule has 0 bridgehead atoms. The van der Waals surface area contributed by atoms with Crippen molar-refractivity contribution in [2.24, 2.45) is 0 Å². The van der Waals surface area contributed by atoms with Gasteiger partial charge in [0.1, 0.15) is 5.75 Å². The molecular formula is C19H21ClN2O3. The van der Waals surface area contributed by atoms with Crippen LogP contribution in [0.15, 0.2) is 36.4 Å². The fraction of sp³-hybridized carbons (Fsp3) is 0.263. The topological polar surface area (TPSA) is 67.4 Å². The van der Waals surface area contributed by atoms with Gasteiger partial charge in [0.25, 0.3) is 5.91 Å². The number of hydrogen-bond acceptors (Lipinski definition) is 3. The number of anilines is 2. The van der Waals surface area contributed by atoms with Gasteiger partial charge >= 0.3 is 0 Å². The zero-order chi connectivity index (χ0) is 18.4. The van der Waals surface area contributed by atoms with Crippen molar-refractivity contribution in [3.63, 3.8) is 0 Å². The number of rotatable bonds is 6. The summed E-state index contributed by atoms with van der Waals surface area (Å²) in [6, 6.07) is 10.3. The number of halogens is 1. The maximum absolute atomic E-state index is 12.6. The Balaban J connectivity index is 2.23. The number of methoxy groups -OCH3 is 1. The molecule has 0 heterocycles. The number of hydrogen-bond donors (Lipinski definition) is 2. The van der Waals surface area contributed by atoms with Gasteiger partial charge in [-0.25, -0.2) is 0 Å². The van der Waals surface area contributed by atoms with Gasteiger partial charge in [0.15, 0.2) is 0 Å². The monoisotopic (exact) mass is 360 g/mol. The molecule has 2 aromatic rings. The number of para-hydroxylation sites is 1. The van der Waals surface area contributed by atoms with Gasteiger partial charge in [-0.15, -0.1) is 0 Å². The lowest BCUT2D eigenvalue weighted by molar-refractivity contribution is -0.116. The summed E-state index contributed by atoms with van der Waals surface area (Å²) in [6.45, 7) is 3.80. The molecule has 2 aromatic carbocycles. The van der Waals surface area contributed by atoms with Crippen LogP contribution in [0.2, 0.25) is 5.02 Å². The number of carbonyl (C=O) groups is 2. The molecule has 0 unspecified atom stereocenters. The lowest BCUT2D eigenvalue weighted by Crippen LogP contribution is -2.15. The third-order valence-corrected chi connectivity index (χ3v) is 3.97. The van der Waals surface area contributed by atoms with Crippen LogP contribution in [-0.4, -0.2) is 18.9 Å². The third-order valence-electron chi connectivity index (χ3n) is 3.64. The molecule has 0 aliphatic heterocycles. The summed E-state index contributed by atoms with van der Waals surface area (Å²) in [5.41, 5.74) is 2.28. The predicted octanol–water partition coefficient (Wildman–Crippen LogP) is 4.65. The highest BCUT2D eigenvalue weighted by Gasteiger charge is 2.15. The Bertz CT molecular complexity index is 790. The van der Waals surface area contributed by atoms with E-state index in [4.69, 9.17) is 16.3 Å². The van der Waals surface area contributed by atoms with Crippen LogP contribution in [0.5, 0.6) is 5.75 Å². The SMILES string of the molecule is CCCC(=O)Nc1ccc(Cl)c(NC(=O)c2cccc(C)c2OC)c1. The van der Waals surface area contributed by atoms with Crippen LogP contribution >= 0.6 is 11.6 Å². The maximum atomic E-state index is 12.6. The number of nitrogens with one attached hydrogen (secondary N) is 2. The number of benzene rings is 2. The van der Waals surface area contributed by atoms with Gasteiger partial charge in [-0.2, -0.15) is 0 Å². The van der Waals surface area contributed by atoms with Crippen LogP contribution in [0.3, 0.4) is 0 Å². The number of ether oxygens (including phenoxy) is 1. The van der Waals surface area contributed by atoms with Gasteiger partial charge < -0.3 is 15.4 Å². The zero-order valence-electron chi connectivity index (χ0n) is 14.5. The molecule has 0 saturated heterocycles. The molecule has 0 radical (unpaired) electrons. The van der Waals surface area contributed by atoms with Crippen LogP contribution in [0.1, 0.15) is 35.7 Å². The summed E-state index contributed by atoms with van der Waals surface area (Å²) in [5, 5.41) is 5.94. The van der Waals surface area contributed by atoms with Crippen LogP contribution in [-0.2, 0) is 4.79 Å². The third kappa shape index (κ3) is 4.73. The van der Waals surface area contributed by atoms with E-state index in [1.165, 1.54) is 7.11 Å². The van der Waals surface area contributed by atoms with E-state index in [2.05, 4.69) is 10.6 Å². The van der Waals surface area contributed by atoms with Crippen LogP contribution in [0.25, 0.3) is 0 Å². The molecule has 0 aromatic heterocycles. The zero-order valence-corrected chi connectivity index (χ0v) is 15.2. The van der Waals surface area contributed by atoms with Crippen molar-refractivity contribution in [2.75, 3.05) is 17.7 Å². The van der Waals surface area contributed by atoms with Gasteiger partial charge in [-0.1, -0.05) is 30.7 Å². The van der Waals surface area contributed by atoms with E-state index in [-0.39, 0.29) is 11.8 Å².